The van der Waals surface area contributed by atoms with Gasteiger partial charge in [0.1, 0.15) is 0 Å². The van der Waals surface area contributed by atoms with Crippen LogP contribution in [-0.2, 0) is 23.0 Å². The van der Waals surface area contributed by atoms with Gasteiger partial charge in [0.25, 0.3) is 0 Å². The van der Waals surface area contributed by atoms with Crippen molar-refractivity contribution < 1.29 is 8.42 Å². The molecule has 168 valence electrons. The molecular formula is C23H19Cl2N5O2S. The van der Waals surface area contributed by atoms with Gasteiger partial charge < -0.3 is 0 Å². The zero-order valence-electron chi connectivity index (χ0n) is 17.3. The van der Waals surface area contributed by atoms with E-state index in [1.165, 1.54) is 0 Å². The fourth-order valence-electron chi connectivity index (χ4n) is 4.19. The Balaban J connectivity index is 1.53. The van der Waals surface area contributed by atoms with Crippen LogP contribution >= 0.6 is 23.2 Å². The van der Waals surface area contributed by atoms with E-state index >= 15 is 0 Å². The van der Waals surface area contributed by atoms with E-state index in [4.69, 9.17) is 23.2 Å². The number of H-pyrrole nitrogens is 1. The van der Waals surface area contributed by atoms with Gasteiger partial charge in [0, 0.05) is 22.2 Å². The van der Waals surface area contributed by atoms with Crippen LogP contribution in [0.3, 0.4) is 0 Å². The monoisotopic (exact) mass is 499 g/mol. The number of aryl methyl sites for hydroxylation is 1. The van der Waals surface area contributed by atoms with E-state index < -0.39 is 10.0 Å². The highest BCUT2D eigenvalue weighted by atomic mass is 35.5. The van der Waals surface area contributed by atoms with E-state index in [2.05, 4.69) is 20.6 Å². The fourth-order valence-corrected chi connectivity index (χ4v) is 6.14. The molecule has 0 bridgehead atoms. The second-order valence-corrected chi connectivity index (χ2v) is 10.6. The van der Waals surface area contributed by atoms with Crippen LogP contribution in [0.4, 0.5) is 0 Å². The molecule has 0 radical (unpaired) electrons. The number of aromatic amines is 1. The Bertz CT molecular complexity index is 1380. The molecule has 10 heteroatoms. The number of rotatable bonds is 6. The van der Waals surface area contributed by atoms with Crippen molar-refractivity contribution in [1.29, 1.82) is 0 Å². The Labute approximate surface area is 201 Å². The number of fused-ring (bicyclic) bond motifs is 1. The summed E-state index contributed by atoms with van der Waals surface area (Å²) in [6.45, 7) is 0.213. The molecule has 5 rings (SSSR count). The summed E-state index contributed by atoms with van der Waals surface area (Å²) >= 11 is 12.2. The average Bonchev–Trinajstić information content (AvgIpc) is 3.48. The summed E-state index contributed by atoms with van der Waals surface area (Å²) < 4.78 is 29.1. The number of aromatic nitrogens is 4. The Hall–Kier alpha value is -2.78. The number of sulfonamides is 1. The molecular weight excluding hydrogens is 481 g/mol. The molecule has 3 aromatic carbocycles. The SMILES string of the molecule is O=S(=O)(c1ccc(Cl)cc1)N(Cc1ccc(-c2nn[nH]n2)cc1)C1CCc2cc(Cl)ccc21. The summed E-state index contributed by atoms with van der Waals surface area (Å²) in [5, 5.41) is 15.1. The van der Waals surface area contributed by atoms with Crippen molar-refractivity contribution in [3.8, 4) is 11.4 Å². The van der Waals surface area contributed by atoms with Gasteiger partial charge in [-0.1, -0.05) is 53.5 Å². The number of nitrogens with one attached hydrogen (secondary N) is 1. The number of hydrogen-bond acceptors (Lipinski definition) is 5. The summed E-state index contributed by atoms with van der Waals surface area (Å²) in [6, 6.07) is 19.1. The molecule has 0 spiro atoms. The maximum absolute atomic E-state index is 13.8. The first-order valence-corrected chi connectivity index (χ1v) is 12.5. The largest absolute Gasteiger partial charge is 0.243 e. The minimum Gasteiger partial charge on any atom is -0.207 e. The zero-order chi connectivity index (χ0) is 23.0. The third kappa shape index (κ3) is 4.39. The molecule has 1 heterocycles. The number of hydrogen-bond donors (Lipinski definition) is 1. The molecule has 0 fully saturated rings. The standard InChI is InChI=1S/C23H19Cl2N5O2S/c24-18-6-9-20(10-7-18)33(31,32)30(22-12-5-17-13-19(25)8-11-21(17)22)14-15-1-3-16(4-2-15)23-26-28-29-27-23/h1-4,6-11,13,22H,5,12,14H2,(H,26,27,28,29). The molecule has 33 heavy (non-hydrogen) atoms. The quantitative estimate of drug-likeness (QED) is 0.400. The van der Waals surface area contributed by atoms with Crippen LogP contribution in [0.15, 0.2) is 71.6 Å². The number of halogens is 2. The van der Waals surface area contributed by atoms with E-state index in [9.17, 15) is 8.42 Å². The first-order valence-electron chi connectivity index (χ1n) is 10.3. The van der Waals surface area contributed by atoms with Crippen molar-refractivity contribution in [3.63, 3.8) is 0 Å². The van der Waals surface area contributed by atoms with Crippen LogP contribution in [0.1, 0.15) is 29.2 Å². The highest BCUT2D eigenvalue weighted by Crippen LogP contribution is 2.40. The number of tetrazole rings is 1. The molecule has 7 nitrogen and oxygen atoms in total. The Morgan fingerprint density at radius 2 is 1.70 bits per heavy atom. The summed E-state index contributed by atoms with van der Waals surface area (Å²) in [7, 11) is -3.80. The van der Waals surface area contributed by atoms with Crippen molar-refractivity contribution >= 4 is 33.2 Å². The number of nitrogens with zero attached hydrogens (tertiary/aromatic N) is 4. The van der Waals surface area contributed by atoms with Crippen molar-refractivity contribution in [2.45, 2.75) is 30.3 Å². The Morgan fingerprint density at radius 1 is 0.970 bits per heavy atom. The van der Waals surface area contributed by atoms with Crippen molar-refractivity contribution in [2.75, 3.05) is 0 Å². The highest BCUT2D eigenvalue weighted by molar-refractivity contribution is 7.89. The summed E-state index contributed by atoms with van der Waals surface area (Å²) in [5.41, 5.74) is 3.71. The maximum Gasteiger partial charge on any atom is 0.243 e. The van der Waals surface area contributed by atoms with Gasteiger partial charge >= 0.3 is 0 Å². The van der Waals surface area contributed by atoms with Crippen LogP contribution in [0.5, 0.6) is 0 Å². The molecule has 0 aliphatic heterocycles. The van der Waals surface area contributed by atoms with Crippen LogP contribution in [0.2, 0.25) is 10.0 Å². The molecule has 1 atom stereocenters. The molecule has 4 aromatic rings. The second kappa shape index (κ2) is 8.87. The predicted octanol–water partition coefficient (Wildman–Crippen LogP) is 5.05. The molecule has 0 amide bonds. The van der Waals surface area contributed by atoms with E-state index in [-0.39, 0.29) is 17.5 Å². The molecule has 1 aliphatic carbocycles. The van der Waals surface area contributed by atoms with Crippen LogP contribution < -0.4 is 0 Å². The second-order valence-electron chi connectivity index (χ2n) is 7.83. The van der Waals surface area contributed by atoms with Gasteiger partial charge in [0.05, 0.1) is 10.9 Å². The maximum atomic E-state index is 13.8. The summed E-state index contributed by atoms with van der Waals surface area (Å²) in [6.07, 6.45) is 1.45. The van der Waals surface area contributed by atoms with Crippen molar-refractivity contribution in [3.05, 3.63) is 93.5 Å². The molecule has 0 saturated carbocycles. The first kappa shape index (κ1) is 22.0. The van der Waals surface area contributed by atoms with Crippen LogP contribution in [-0.4, -0.2) is 33.3 Å². The minimum atomic E-state index is -3.80. The van der Waals surface area contributed by atoms with E-state index in [1.54, 1.807) is 28.6 Å². The lowest BCUT2D eigenvalue weighted by Gasteiger charge is -2.29. The van der Waals surface area contributed by atoms with Crippen molar-refractivity contribution in [1.82, 2.24) is 24.9 Å². The highest BCUT2D eigenvalue weighted by Gasteiger charge is 2.36. The Kier molecular flexibility index (Phi) is 5.92. The predicted molar refractivity (Wildman–Crippen MR) is 126 cm³/mol. The van der Waals surface area contributed by atoms with Gasteiger partial charge in [-0.15, -0.1) is 10.2 Å². The molecule has 1 aliphatic rings. The van der Waals surface area contributed by atoms with Crippen LogP contribution in [0.25, 0.3) is 11.4 Å². The zero-order valence-corrected chi connectivity index (χ0v) is 19.6. The van der Waals surface area contributed by atoms with Crippen molar-refractivity contribution in [2.24, 2.45) is 0 Å². The first-order chi connectivity index (χ1) is 15.9. The van der Waals surface area contributed by atoms with Gasteiger partial charge in [-0.05, 0) is 71.1 Å². The average molecular weight is 500 g/mol. The third-order valence-corrected chi connectivity index (χ3v) is 8.17. The van der Waals surface area contributed by atoms with Gasteiger partial charge in [-0.3, -0.25) is 0 Å². The lowest BCUT2D eigenvalue weighted by atomic mass is 10.1. The summed E-state index contributed by atoms with van der Waals surface area (Å²) in [5.74, 6) is 0.480. The van der Waals surface area contributed by atoms with Gasteiger partial charge in [-0.25, -0.2) is 8.42 Å². The Morgan fingerprint density at radius 3 is 2.39 bits per heavy atom. The van der Waals surface area contributed by atoms with Gasteiger partial charge in [0.2, 0.25) is 15.8 Å². The van der Waals surface area contributed by atoms with Gasteiger partial charge in [0.15, 0.2) is 0 Å². The third-order valence-electron chi connectivity index (χ3n) is 5.81. The molecule has 1 aromatic heterocycles. The van der Waals surface area contributed by atoms with Gasteiger partial charge in [-0.2, -0.15) is 9.52 Å². The summed E-state index contributed by atoms with van der Waals surface area (Å²) in [4.78, 5) is 0.206. The molecule has 0 saturated heterocycles. The molecule has 1 N–H and O–H groups in total. The topological polar surface area (TPSA) is 91.8 Å². The minimum absolute atomic E-state index is 0.206. The fraction of sp³-hybridized carbons (Fsp3) is 0.174. The smallest absolute Gasteiger partial charge is 0.207 e. The van der Waals surface area contributed by atoms with E-state index in [0.717, 1.165) is 28.7 Å². The van der Waals surface area contributed by atoms with E-state index in [0.29, 0.717) is 22.3 Å². The van der Waals surface area contributed by atoms with Crippen LogP contribution in [0, 0.1) is 0 Å². The lowest BCUT2D eigenvalue weighted by molar-refractivity contribution is 0.316. The number of benzene rings is 3. The van der Waals surface area contributed by atoms with E-state index in [1.807, 2.05) is 42.5 Å². The normalized spacial score (nSPS) is 15.7. The lowest BCUT2D eigenvalue weighted by Crippen LogP contribution is -2.33. The molecule has 1 unspecified atom stereocenters.